The van der Waals surface area contributed by atoms with Gasteiger partial charge < -0.3 is 14.5 Å². The Bertz CT molecular complexity index is 1300. The van der Waals surface area contributed by atoms with Crippen molar-refractivity contribution in [3.63, 3.8) is 0 Å². The third kappa shape index (κ3) is 3.56. The van der Waals surface area contributed by atoms with Crippen LogP contribution in [-0.4, -0.2) is 28.9 Å². The quantitative estimate of drug-likeness (QED) is 0.381. The van der Waals surface area contributed by atoms with E-state index in [2.05, 4.69) is 9.97 Å². The van der Waals surface area contributed by atoms with E-state index in [-0.39, 0.29) is 27.3 Å². The minimum absolute atomic E-state index is 0.0180. The molecule has 0 spiro atoms. The van der Waals surface area contributed by atoms with E-state index in [1.165, 1.54) is 19.2 Å². The molecule has 4 rings (SSSR count). The molecule has 176 valence electrons. The number of hydrogen-bond acceptors (Lipinski definition) is 4. The zero-order valence-electron chi connectivity index (χ0n) is 17.6. The summed E-state index contributed by atoms with van der Waals surface area (Å²) in [5.41, 5.74) is -2.99. The zero-order chi connectivity index (χ0) is 24.3. The number of nitrogens with zero attached hydrogens (tertiary/aromatic N) is 1. The normalized spacial score (nSPS) is 25.5. The Morgan fingerprint density at radius 1 is 1.24 bits per heavy atom. The van der Waals surface area contributed by atoms with E-state index in [1.807, 2.05) is 0 Å². The van der Waals surface area contributed by atoms with Crippen LogP contribution >= 0.6 is 11.6 Å². The number of H-pyrrole nitrogens is 1. The second kappa shape index (κ2) is 7.95. The monoisotopic (exact) mass is 488 g/mol. The molecule has 0 radical (unpaired) electrons. The van der Waals surface area contributed by atoms with Crippen molar-refractivity contribution in [3.05, 3.63) is 68.7 Å². The van der Waals surface area contributed by atoms with Crippen LogP contribution in [0.15, 0.2) is 35.3 Å². The lowest BCUT2D eigenvalue weighted by Gasteiger charge is -2.32. The van der Waals surface area contributed by atoms with Crippen molar-refractivity contribution in [2.75, 3.05) is 7.11 Å². The van der Waals surface area contributed by atoms with Gasteiger partial charge in [0.15, 0.2) is 22.6 Å². The molecule has 0 unspecified atom stereocenters. The largest absolute Gasteiger partial charge is 0.493 e. The molecule has 4 atom stereocenters. The van der Waals surface area contributed by atoms with E-state index < -0.39 is 52.5 Å². The second-order valence-corrected chi connectivity index (χ2v) is 8.41. The molecule has 1 fully saturated rings. The number of fused-ring (bicyclic) bond motifs is 1. The molecule has 33 heavy (non-hydrogen) atoms. The van der Waals surface area contributed by atoms with Crippen molar-refractivity contribution in [2.24, 2.45) is 5.92 Å². The number of ether oxygens (including phenoxy) is 2. The van der Waals surface area contributed by atoms with Crippen LogP contribution in [0, 0.1) is 17.6 Å². The maximum Gasteiger partial charge on any atom is 0.417 e. The SMILES string of the molecule is COc1c([C@H]2[C@H](c3cc(=O)c4c(Cl)nccc4[nH]3)O[C@@](C)(C(F)(F)F)[C@H]2C)ccc(F)c1F. The van der Waals surface area contributed by atoms with Crippen LogP contribution in [0.2, 0.25) is 5.15 Å². The topological polar surface area (TPSA) is 64.2 Å². The summed E-state index contributed by atoms with van der Waals surface area (Å²) in [6, 6.07) is 4.50. The molecule has 0 aliphatic carbocycles. The van der Waals surface area contributed by atoms with Gasteiger partial charge in [-0.25, -0.2) is 9.37 Å². The van der Waals surface area contributed by atoms with Gasteiger partial charge in [-0.15, -0.1) is 0 Å². The summed E-state index contributed by atoms with van der Waals surface area (Å²) >= 11 is 5.99. The van der Waals surface area contributed by atoms with Gasteiger partial charge in [-0.1, -0.05) is 24.6 Å². The van der Waals surface area contributed by atoms with E-state index in [4.69, 9.17) is 21.1 Å². The van der Waals surface area contributed by atoms with Gasteiger partial charge in [0.25, 0.3) is 0 Å². The van der Waals surface area contributed by atoms with Gasteiger partial charge in [0, 0.05) is 35.4 Å². The molecule has 1 N–H and O–H groups in total. The van der Waals surface area contributed by atoms with Crippen molar-refractivity contribution < 1.29 is 31.4 Å². The molecule has 3 heterocycles. The third-order valence-electron chi connectivity index (χ3n) is 6.34. The van der Waals surface area contributed by atoms with Crippen molar-refractivity contribution in [3.8, 4) is 5.75 Å². The third-order valence-corrected chi connectivity index (χ3v) is 6.62. The Morgan fingerprint density at radius 2 is 1.94 bits per heavy atom. The number of hydrogen-bond donors (Lipinski definition) is 1. The van der Waals surface area contributed by atoms with Crippen LogP contribution in [0.3, 0.4) is 0 Å². The van der Waals surface area contributed by atoms with Crippen molar-refractivity contribution >= 4 is 22.5 Å². The summed E-state index contributed by atoms with van der Waals surface area (Å²) in [7, 11) is 1.09. The number of pyridine rings is 2. The molecule has 0 saturated carbocycles. The molecule has 1 aliphatic heterocycles. The number of aromatic nitrogens is 2. The van der Waals surface area contributed by atoms with Crippen molar-refractivity contribution in [1.82, 2.24) is 9.97 Å². The first-order valence-electron chi connectivity index (χ1n) is 9.84. The number of aromatic amines is 1. The predicted molar refractivity (Wildman–Crippen MR) is 110 cm³/mol. The lowest BCUT2D eigenvalue weighted by molar-refractivity contribution is -0.275. The zero-order valence-corrected chi connectivity index (χ0v) is 18.3. The Morgan fingerprint density at radius 3 is 2.58 bits per heavy atom. The Hall–Kier alpha value is -2.72. The molecule has 1 aromatic carbocycles. The Kier molecular flexibility index (Phi) is 5.65. The molecule has 1 saturated heterocycles. The number of rotatable bonds is 3. The number of halogens is 6. The van der Waals surface area contributed by atoms with Crippen LogP contribution in [0.4, 0.5) is 22.0 Å². The highest BCUT2D eigenvalue weighted by molar-refractivity contribution is 6.34. The average Bonchev–Trinajstić information content (AvgIpc) is 3.02. The van der Waals surface area contributed by atoms with E-state index in [9.17, 15) is 26.7 Å². The first kappa shape index (κ1) is 23.4. The average molecular weight is 489 g/mol. The Labute approximate surface area is 189 Å². The highest BCUT2D eigenvalue weighted by Crippen LogP contribution is 2.59. The van der Waals surface area contributed by atoms with Gasteiger partial charge in [0.05, 0.1) is 18.0 Å². The van der Waals surface area contributed by atoms with E-state index in [1.54, 1.807) is 0 Å². The molecular weight excluding hydrogens is 471 g/mol. The summed E-state index contributed by atoms with van der Waals surface area (Å²) in [6.07, 6.45) is -4.83. The summed E-state index contributed by atoms with van der Waals surface area (Å²) in [6.45, 7) is 2.19. The predicted octanol–water partition coefficient (Wildman–Crippen LogP) is 5.68. The maximum absolute atomic E-state index is 14.5. The molecule has 0 bridgehead atoms. The summed E-state index contributed by atoms with van der Waals surface area (Å²) in [4.78, 5) is 19.5. The number of methoxy groups -OCH3 is 1. The molecule has 0 amide bonds. The summed E-state index contributed by atoms with van der Waals surface area (Å²) in [5.74, 6) is -5.47. The first-order chi connectivity index (χ1) is 15.4. The fourth-order valence-corrected chi connectivity index (χ4v) is 4.66. The lowest BCUT2D eigenvalue weighted by atomic mass is 9.76. The minimum atomic E-state index is -4.80. The van der Waals surface area contributed by atoms with E-state index in [0.29, 0.717) is 0 Å². The molecule has 11 heteroatoms. The van der Waals surface area contributed by atoms with Gasteiger partial charge in [-0.3, -0.25) is 4.79 Å². The van der Waals surface area contributed by atoms with Crippen molar-refractivity contribution in [2.45, 2.75) is 37.6 Å². The van der Waals surface area contributed by atoms with Crippen LogP contribution in [-0.2, 0) is 4.74 Å². The Balaban J connectivity index is 1.97. The van der Waals surface area contributed by atoms with Crippen LogP contribution in [0.25, 0.3) is 10.9 Å². The number of nitrogens with one attached hydrogen (secondary N) is 1. The highest BCUT2D eigenvalue weighted by atomic mass is 35.5. The van der Waals surface area contributed by atoms with Crippen molar-refractivity contribution in [1.29, 1.82) is 0 Å². The second-order valence-electron chi connectivity index (χ2n) is 8.05. The molecule has 3 aromatic rings. The highest BCUT2D eigenvalue weighted by Gasteiger charge is 2.65. The van der Waals surface area contributed by atoms with E-state index in [0.717, 1.165) is 32.2 Å². The van der Waals surface area contributed by atoms with Crippen LogP contribution in [0.1, 0.15) is 37.1 Å². The van der Waals surface area contributed by atoms with Gasteiger partial charge >= 0.3 is 6.18 Å². The molecule has 2 aromatic heterocycles. The lowest BCUT2D eigenvalue weighted by Crippen LogP contribution is -2.46. The van der Waals surface area contributed by atoms with Gasteiger partial charge in [-0.2, -0.15) is 17.6 Å². The summed E-state index contributed by atoms with van der Waals surface area (Å²) < 4.78 is 81.2. The number of benzene rings is 1. The van der Waals surface area contributed by atoms with Gasteiger partial charge in [-0.05, 0) is 19.1 Å². The smallest absolute Gasteiger partial charge is 0.417 e. The van der Waals surface area contributed by atoms with Gasteiger partial charge in [0.2, 0.25) is 5.82 Å². The van der Waals surface area contributed by atoms with E-state index >= 15 is 0 Å². The van der Waals surface area contributed by atoms with Gasteiger partial charge in [0.1, 0.15) is 11.3 Å². The fourth-order valence-electron chi connectivity index (χ4n) is 4.41. The minimum Gasteiger partial charge on any atom is -0.493 e. The summed E-state index contributed by atoms with van der Waals surface area (Å²) in [5, 5.41) is -0.00512. The fraction of sp³-hybridized carbons (Fsp3) is 0.364. The van der Waals surface area contributed by atoms with Crippen LogP contribution in [0.5, 0.6) is 5.75 Å². The molecule has 1 aliphatic rings. The number of alkyl halides is 3. The molecule has 5 nitrogen and oxygen atoms in total. The maximum atomic E-state index is 14.5. The molecular formula is C22H18ClF5N2O3. The van der Waals surface area contributed by atoms with Crippen LogP contribution < -0.4 is 10.2 Å². The first-order valence-corrected chi connectivity index (χ1v) is 10.2. The standard InChI is InChI=1S/C22H18ClF5N2O3/c1-9-15(10-4-5-11(24)17(25)18(10)32-3)19(33-21(9,2)22(26,27)28)13-8-14(31)16-12(30-13)6-7-29-20(16)23/h4-9,15,19H,1-3H3,(H,30,31)/t9-,15-,19-,21+/m0/s1.